The van der Waals surface area contributed by atoms with Gasteiger partial charge >= 0.3 is 23.9 Å². The van der Waals surface area contributed by atoms with Gasteiger partial charge in [-0.05, 0) is 35.9 Å². The average molecular weight is 539 g/mol. The number of urea groups is 1. The number of carbonyl (C=O) groups is 5. The summed E-state index contributed by atoms with van der Waals surface area (Å²) in [6.45, 7) is 3.37. The van der Waals surface area contributed by atoms with Crippen LogP contribution in [0.3, 0.4) is 0 Å². The molecule has 4 atom stereocenters. The quantitative estimate of drug-likeness (QED) is 0.278. The second kappa shape index (κ2) is 13.9. The fraction of sp³-hybridized carbons (Fsp3) is 0.321. The van der Waals surface area contributed by atoms with E-state index >= 15 is 0 Å². The first-order chi connectivity index (χ1) is 18.6. The molecule has 0 radical (unpaired) electrons. The Morgan fingerprint density at radius 2 is 1.44 bits per heavy atom. The first-order valence-electron chi connectivity index (χ1n) is 12.2. The lowest BCUT2D eigenvalue weighted by Gasteiger charge is -2.40. The van der Waals surface area contributed by atoms with Gasteiger partial charge in [-0.25, -0.2) is 4.79 Å². The number of para-hydroxylation sites is 1. The number of benzene rings is 2. The van der Waals surface area contributed by atoms with E-state index in [0.29, 0.717) is 16.9 Å². The molecule has 0 bridgehead atoms. The molecule has 0 aromatic heterocycles. The summed E-state index contributed by atoms with van der Waals surface area (Å²) in [5.74, 6) is -2.34. The molecular formula is C28H30N2O9. The third kappa shape index (κ3) is 9.38. The smallest absolute Gasteiger partial charge is 0.323 e. The maximum Gasteiger partial charge on any atom is 0.323 e. The summed E-state index contributed by atoms with van der Waals surface area (Å²) in [4.78, 5) is 60.0. The first-order valence-corrected chi connectivity index (χ1v) is 12.2. The summed E-state index contributed by atoms with van der Waals surface area (Å²) in [6, 6.07) is 15.4. The highest BCUT2D eigenvalue weighted by atomic mass is 16.6. The number of anilines is 2. The maximum atomic E-state index is 12.8. The number of allylic oxidation sites excluding steroid dienone is 1. The van der Waals surface area contributed by atoms with Crippen LogP contribution >= 0.6 is 0 Å². The van der Waals surface area contributed by atoms with Crippen LogP contribution in [0.5, 0.6) is 0 Å². The molecule has 1 aliphatic heterocycles. The Kier molecular flexibility index (Phi) is 10.3. The molecule has 2 aromatic carbocycles. The normalized spacial score (nSPS) is 20.5. The Morgan fingerprint density at radius 3 is 2.10 bits per heavy atom. The Bertz CT molecular complexity index is 1230. The van der Waals surface area contributed by atoms with Gasteiger partial charge < -0.3 is 29.6 Å². The number of esters is 3. The number of nitrogens with one attached hydrogen (secondary N) is 2. The minimum atomic E-state index is -1.17. The van der Waals surface area contributed by atoms with Gasteiger partial charge in [0.15, 0.2) is 24.1 Å². The zero-order chi connectivity index (χ0) is 28.4. The molecule has 3 rings (SSSR count). The zero-order valence-corrected chi connectivity index (χ0v) is 21.7. The number of hydrogen-bond donors (Lipinski definition) is 2. The highest BCUT2D eigenvalue weighted by Gasteiger charge is 2.47. The van der Waals surface area contributed by atoms with Crippen molar-refractivity contribution in [1.29, 1.82) is 0 Å². The molecule has 11 nitrogen and oxygen atoms in total. The number of amides is 2. The lowest BCUT2D eigenvalue weighted by atomic mass is 9.95. The number of hydrogen-bond acceptors (Lipinski definition) is 9. The Morgan fingerprint density at radius 1 is 0.821 bits per heavy atom. The van der Waals surface area contributed by atoms with Crippen LogP contribution in [-0.2, 0) is 38.1 Å². The largest absolute Gasteiger partial charge is 0.456 e. The molecule has 0 spiro atoms. The van der Waals surface area contributed by atoms with Gasteiger partial charge in [0, 0.05) is 38.6 Å². The number of ketones is 1. The van der Waals surface area contributed by atoms with Crippen LogP contribution in [0, 0.1) is 0 Å². The topological polar surface area (TPSA) is 146 Å². The maximum absolute atomic E-state index is 12.8. The van der Waals surface area contributed by atoms with Crippen molar-refractivity contribution in [3.8, 4) is 0 Å². The molecule has 206 valence electrons. The number of rotatable bonds is 9. The minimum absolute atomic E-state index is 0.157. The van der Waals surface area contributed by atoms with Gasteiger partial charge in [-0.15, -0.1) is 0 Å². The van der Waals surface area contributed by atoms with E-state index in [-0.39, 0.29) is 18.8 Å². The van der Waals surface area contributed by atoms with Crippen LogP contribution in [0.1, 0.15) is 32.8 Å². The summed E-state index contributed by atoms with van der Waals surface area (Å²) < 4.78 is 21.5. The third-order valence-electron chi connectivity index (χ3n) is 5.49. The molecule has 0 saturated carbocycles. The van der Waals surface area contributed by atoms with E-state index in [0.717, 1.165) is 0 Å². The Balaban J connectivity index is 1.66. The lowest BCUT2D eigenvalue weighted by Crippen LogP contribution is -2.57. The van der Waals surface area contributed by atoms with Crippen molar-refractivity contribution in [2.75, 3.05) is 17.2 Å². The van der Waals surface area contributed by atoms with Crippen molar-refractivity contribution in [2.24, 2.45) is 0 Å². The zero-order valence-electron chi connectivity index (χ0n) is 21.7. The molecule has 1 aliphatic rings. The first kappa shape index (κ1) is 29.1. The summed E-state index contributed by atoms with van der Waals surface area (Å²) in [7, 11) is 0. The Hall–Kier alpha value is -4.51. The molecule has 11 heteroatoms. The molecule has 0 aliphatic carbocycles. The fourth-order valence-electron chi connectivity index (χ4n) is 3.98. The van der Waals surface area contributed by atoms with Crippen molar-refractivity contribution < 1.29 is 42.9 Å². The minimum Gasteiger partial charge on any atom is -0.456 e. The second-order valence-corrected chi connectivity index (χ2v) is 8.74. The van der Waals surface area contributed by atoms with Gasteiger partial charge in [0.05, 0.1) is 6.61 Å². The van der Waals surface area contributed by atoms with E-state index in [2.05, 4.69) is 10.6 Å². The van der Waals surface area contributed by atoms with Crippen LogP contribution in [0.2, 0.25) is 0 Å². The monoisotopic (exact) mass is 538 g/mol. The Labute approximate surface area is 225 Å². The van der Waals surface area contributed by atoms with Gasteiger partial charge in [-0.2, -0.15) is 0 Å². The predicted molar refractivity (Wildman–Crippen MR) is 141 cm³/mol. The summed E-state index contributed by atoms with van der Waals surface area (Å²) in [5.41, 5.74) is 1.81. The molecule has 2 amide bonds. The molecular weight excluding hydrogens is 508 g/mol. The van der Waals surface area contributed by atoms with Crippen molar-refractivity contribution in [3.63, 3.8) is 0 Å². The second-order valence-electron chi connectivity index (χ2n) is 8.74. The van der Waals surface area contributed by atoms with Crippen molar-refractivity contribution in [2.45, 2.75) is 51.6 Å². The SMILES string of the molecule is CC(=O)O[C@@H]1[C@@H](OC(C)=O)[C@H](OC(C)=O)CO[C@H]1CC(=O)/C=C/c1cccc(NC(=O)Nc2ccccc2)c1. The van der Waals surface area contributed by atoms with Crippen LogP contribution in [0.15, 0.2) is 60.7 Å². The molecule has 1 fully saturated rings. The standard InChI is InChI=1S/C28H30N2O9/c1-17(31)37-25-16-36-24(26(38-18(2)32)27(25)39-19(3)33)15-23(34)13-12-20-8-7-11-22(14-20)30-28(35)29-21-9-5-4-6-10-21/h4-14,24-27H,15-16H2,1-3H3,(H2,29,30,35)/b13-12+/t24-,25+,26-,27-/m0/s1. The van der Waals surface area contributed by atoms with Crippen molar-refractivity contribution in [1.82, 2.24) is 0 Å². The molecule has 0 unspecified atom stereocenters. The van der Waals surface area contributed by atoms with Crippen LogP contribution in [0.25, 0.3) is 6.08 Å². The van der Waals surface area contributed by atoms with Crippen molar-refractivity contribution in [3.05, 3.63) is 66.2 Å². The van der Waals surface area contributed by atoms with E-state index in [1.54, 1.807) is 54.6 Å². The average Bonchev–Trinajstić information content (AvgIpc) is 2.86. The molecule has 1 heterocycles. The van der Waals surface area contributed by atoms with Gasteiger partial charge in [-0.1, -0.05) is 36.4 Å². The molecule has 1 saturated heterocycles. The van der Waals surface area contributed by atoms with Crippen LogP contribution in [-0.4, -0.2) is 60.7 Å². The lowest BCUT2D eigenvalue weighted by molar-refractivity contribution is -0.225. The van der Waals surface area contributed by atoms with Gasteiger partial charge in [0.1, 0.15) is 6.10 Å². The van der Waals surface area contributed by atoms with E-state index < -0.39 is 48.4 Å². The van der Waals surface area contributed by atoms with E-state index in [1.165, 1.54) is 26.8 Å². The van der Waals surface area contributed by atoms with E-state index in [1.807, 2.05) is 6.07 Å². The van der Waals surface area contributed by atoms with Crippen molar-refractivity contribution >= 4 is 47.2 Å². The van der Waals surface area contributed by atoms with Crippen LogP contribution in [0.4, 0.5) is 16.2 Å². The molecule has 2 aromatic rings. The summed E-state index contributed by atoms with van der Waals surface area (Å²) in [5, 5.41) is 5.45. The van der Waals surface area contributed by atoms with Crippen LogP contribution < -0.4 is 10.6 Å². The highest BCUT2D eigenvalue weighted by Crippen LogP contribution is 2.27. The summed E-state index contributed by atoms with van der Waals surface area (Å²) >= 11 is 0. The van der Waals surface area contributed by atoms with Gasteiger partial charge in [-0.3, -0.25) is 19.2 Å². The summed E-state index contributed by atoms with van der Waals surface area (Å²) in [6.07, 6.45) is -1.57. The number of carbonyl (C=O) groups excluding carboxylic acids is 5. The highest BCUT2D eigenvalue weighted by molar-refractivity contribution is 6.00. The third-order valence-corrected chi connectivity index (χ3v) is 5.49. The molecule has 2 N–H and O–H groups in total. The number of ether oxygens (including phenoxy) is 4. The fourth-order valence-corrected chi connectivity index (χ4v) is 3.98. The molecule has 39 heavy (non-hydrogen) atoms. The predicted octanol–water partition coefficient (Wildman–Crippen LogP) is 3.50. The van der Waals surface area contributed by atoms with Gasteiger partial charge in [0.2, 0.25) is 0 Å². The van der Waals surface area contributed by atoms with E-state index in [4.69, 9.17) is 18.9 Å². The van der Waals surface area contributed by atoms with E-state index in [9.17, 15) is 24.0 Å². The van der Waals surface area contributed by atoms with Gasteiger partial charge in [0.25, 0.3) is 0 Å².